The van der Waals surface area contributed by atoms with Gasteiger partial charge >= 0.3 is 5.97 Å². The number of aliphatic hydroxyl groups is 1. The van der Waals surface area contributed by atoms with Gasteiger partial charge in [-0.2, -0.15) is 0 Å². The Balaban J connectivity index is 4.27. The van der Waals surface area contributed by atoms with Crippen LogP contribution in [-0.2, 0) is 4.79 Å². The van der Waals surface area contributed by atoms with E-state index in [1.807, 2.05) is 0 Å². The van der Waals surface area contributed by atoms with Crippen molar-refractivity contribution in [2.75, 3.05) is 6.61 Å². The first-order valence-corrected chi connectivity index (χ1v) is 3.13. The smallest absolute Gasteiger partial charge is 0.331 e. The standard InChI is InChI=1S/C7H12O3/c1-5(2)6(3-4-8)7(9)10/h3,5,8H,4H2,1-2H3,(H,9,10)/b6-3-. The predicted octanol–water partition coefficient (Wildman–Crippen LogP) is 0.646. The Bertz CT molecular complexity index is 147. The molecule has 0 fully saturated rings. The summed E-state index contributed by atoms with van der Waals surface area (Å²) in [6.45, 7) is 3.34. The number of hydrogen-bond donors (Lipinski definition) is 2. The largest absolute Gasteiger partial charge is 0.478 e. The molecule has 10 heavy (non-hydrogen) atoms. The Morgan fingerprint density at radius 2 is 2.10 bits per heavy atom. The van der Waals surface area contributed by atoms with Crippen LogP contribution in [-0.4, -0.2) is 22.8 Å². The second-order valence-electron chi connectivity index (χ2n) is 2.30. The molecule has 0 aromatic heterocycles. The average Bonchev–Trinajstić information content (AvgIpc) is 1.81. The van der Waals surface area contributed by atoms with Crippen molar-refractivity contribution in [3.63, 3.8) is 0 Å². The van der Waals surface area contributed by atoms with Crippen LogP contribution in [0.15, 0.2) is 11.6 Å². The number of hydrogen-bond acceptors (Lipinski definition) is 2. The molecule has 2 N–H and O–H groups in total. The van der Waals surface area contributed by atoms with Crippen molar-refractivity contribution in [3.8, 4) is 0 Å². The lowest BCUT2D eigenvalue weighted by Crippen LogP contribution is -2.07. The fourth-order valence-corrected chi connectivity index (χ4v) is 0.668. The molecule has 0 aromatic rings. The van der Waals surface area contributed by atoms with Gasteiger partial charge in [-0.05, 0) is 12.0 Å². The van der Waals surface area contributed by atoms with E-state index in [2.05, 4.69) is 0 Å². The molecular formula is C7H12O3. The summed E-state index contributed by atoms with van der Waals surface area (Å²) in [4.78, 5) is 10.4. The van der Waals surface area contributed by atoms with Gasteiger partial charge in [0.15, 0.2) is 0 Å². The van der Waals surface area contributed by atoms with Gasteiger partial charge in [0.1, 0.15) is 0 Å². The van der Waals surface area contributed by atoms with Crippen molar-refractivity contribution < 1.29 is 15.0 Å². The minimum Gasteiger partial charge on any atom is -0.478 e. The summed E-state index contributed by atoms with van der Waals surface area (Å²) in [5.41, 5.74) is 0.266. The zero-order chi connectivity index (χ0) is 8.15. The number of carboxylic acids is 1. The van der Waals surface area contributed by atoms with Crippen molar-refractivity contribution in [3.05, 3.63) is 11.6 Å². The summed E-state index contributed by atoms with van der Waals surface area (Å²) in [6, 6.07) is 0. The van der Waals surface area contributed by atoms with Gasteiger partial charge in [0, 0.05) is 5.57 Å². The fourth-order valence-electron chi connectivity index (χ4n) is 0.668. The number of rotatable bonds is 3. The van der Waals surface area contributed by atoms with Crippen LogP contribution in [0.25, 0.3) is 0 Å². The molecule has 0 aromatic carbocycles. The molecule has 0 heterocycles. The van der Waals surface area contributed by atoms with E-state index in [1.54, 1.807) is 13.8 Å². The van der Waals surface area contributed by atoms with Gasteiger partial charge in [0.25, 0.3) is 0 Å². The maximum Gasteiger partial charge on any atom is 0.331 e. The van der Waals surface area contributed by atoms with Crippen LogP contribution < -0.4 is 0 Å². The molecule has 0 radical (unpaired) electrons. The molecule has 0 aliphatic heterocycles. The van der Waals surface area contributed by atoms with E-state index >= 15 is 0 Å². The average molecular weight is 144 g/mol. The third kappa shape index (κ3) is 2.64. The summed E-state index contributed by atoms with van der Waals surface area (Å²) in [5, 5.41) is 16.9. The van der Waals surface area contributed by atoms with Crippen LogP contribution in [0.5, 0.6) is 0 Å². The number of carbonyl (C=O) groups is 1. The first-order valence-electron chi connectivity index (χ1n) is 3.13. The highest BCUT2D eigenvalue weighted by molar-refractivity contribution is 5.86. The fraction of sp³-hybridized carbons (Fsp3) is 0.571. The summed E-state index contributed by atoms with van der Waals surface area (Å²) in [7, 11) is 0. The number of aliphatic hydroxyl groups excluding tert-OH is 1. The summed E-state index contributed by atoms with van der Waals surface area (Å²) < 4.78 is 0. The Kier molecular flexibility index (Phi) is 3.72. The lowest BCUT2D eigenvalue weighted by Gasteiger charge is -2.03. The van der Waals surface area contributed by atoms with Crippen LogP contribution in [0.1, 0.15) is 13.8 Å². The van der Waals surface area contributed by atoms with Gasteiger partial charge in [0.2, 0.25) is 0 Å². The van der Waals surface area contributed by atoms with Crippen LogP contribution in [0.2, 0.25) is 0 Å². The van der Waals surface area contributed by atoms with E-state index < -0.39 is 5.97 Å². The maximum absolute atomic E-state index is 10.4. The SMILES string of the molecule is CC(C)/C(=C/CO)C(=O)O. The Labute approximate surface area is 60.0 Å². The minimum atomic E-state index is -0.955. The molecule has 0 spiro atoms. The van der Waals surface area contributed by atoms with Crippen LogP contribution in [0, 0.1) is 5.92 Å². The van der Waals surface area contributed by atoms with Gasteiger partial charge in [-0.1, -0.05) is 13.8 Å². The number of aliphatic carboxylic acids is 1. The Hall–Kier alpha value is -0.830. The van der Waals surface area contributed by atoms with Gasteiger partial charge < -0.3 is 10.2 Å². The maximum atomic E-state index is 10.4. The third-order valence-corrected chi connectivity index (χ3v) is 1.18. The van der Waals surface area contributed by atoms with Crippen LogP contribution in [0.4, 0.5) is 0 Å². The molecule has 0 aliphatic rings. The van der Waals surface area contributed by atoms with Gasteiger partial charge in [-0.25, -0.2) is 4.79 Å². The molecule has 0 saturated carbocycles. The van der Waals surface area contributed by atoms with Crippen LogP contribution >= 0.6 is 0 Å². The molecule has 58 valence electrons. The van der Waals surface area contributed by atoms with E-state index in [1.165, 1.54) is 6.08 Å². The second-order valence-corrected chi connectivity index (χ2v) is 2.30. The van der Waals surface area contributed by atoms with Crippen molar-refractivity contribution in [2.24, 2.45) is 5.92 Å². The van der Waals surface area contributed by atoms with Gasteiger partial charge in [0.05, 0.1) is 6.61 Å². The molecule has 0 aliphatic carbocycles. The molecule has 0 atom stereocenters. The molecule has 3 heteroatoms. The summed E-state index contributed by atoms with van der Waals surface area (Å²) in [5.74, 6) is -0.992. The molecule has 0 unspecified atom stereocenters. The summed E-state index contributed by atoms with van der Waals surface area (Å²) >= 11 is 0. The highest BCUT2D eigenvalue weighted by Crippen LogP contribution is 2.08. The highest BCUT2D eigenvalue weighted by Gasteiger charge is 2.09. The van der Waals surface area contributed by atoms with E-state index in [0.29, 0.717) is 0 Å². The van der Waals surface area contributed by atoms with Crippen LogP contribution in [0.3, 0.4) is 0 Å². The zero-order valence-corrected chi connectivity index (χ0v) is 6.16. The highest BCUT2D eigenvalue weighted by atomic mass is 16.4. The van der Waals surface area contributed by atoms with Crippen molar-refractivity contribution >= 4 is 5.97 Å². The van der Waals surface area contributed by atoms with Crippen molar-refractivity contribution in [1.29, 1.82) is 0 Å². The molecule has 0 saturated heterocycles. The van der Waals surface area contributed by atoms with Gasteiger partial charge in [-0.3, -0.25) is 0 Å². The van der Waals surface area contributed by atoms with E-state index in [9.17, 15) is 4.79 Å². The Morgan fingerprint density at radius 1 is 1.60 bits per heavy atom. The molecule has 0 amide bonds. The quantitative estimate of drug-likeness (QED) is 0.571. The monoisotopic (exact) mass is 144 g/mol. The zero-order valence-electron chi connectivity index (χ0n) is 6.16. The summed E-state index contributed by atoms with van der Waals surface area (Å²) in [6.07, 6.45) is 1.31. The third-order valence-electron chi connectivity index (χ3n) is 1.18. The lowest BCUT2D eigenvalue weighted by atomic mass is 10.0. The lowest BCUT2D eigenvalue weighted by molar-refractivity contribution is -0.133. The molecule has 0 bridgehead atoms. The number of carboxylic acid groups (broad SMARTS) is 1. The Morgan fingerprint density at radius 3 is 2.20 bits per heavy atom. The van der Waals surface area contributed by atoms with E-state index in [4.69, 9.17) is 10.2 Å². The molecule has 0 rings (SSSR count). The molecule has 3 nitrogen and oxygen atoms in total. The van der Waals surface area contributed by atoms with Crippen molar-refractivity contribution in [1.82, 2.24) is 0 Å². The second kappa shape index (κ2) is 4.06. The van der Waals surface area contributed by atoms with Crippen molar-refractivity contribution in [2.45, 2.75) is 13.8 Å². The van der Waals surface area contributed by atoms with Gasteiger partial charge in [-0.15, -0.1) is 0 Å². The van der Waals surface area contributed by atoms with E-state index in [0.717, 1.165) is 0 Å². The van der Waals surface area contributed by atoms with E-state index in [-0.39, 0.29) is 18.1 Å². The molecular weight excluding hydrogens is 132 g/mol. The minimum absolute atomic E-state index is 0.0374. The normalized spacial score (nSPS) is 12.2. The first-order chi connectivity index (χ1) is 4.59. The first kappa shape index (κ1) is 9.17. The predicted molar refractivity (Wildman–Crippen MR) is 37.6 cm³/mol. The topological polar surface area (TPSA) is 57.5 Å².